The fourth-order valence-electron chi connectivity index (χ4n) is 4.50. The summed E-state index contributed by atoms with van der Waals surface area (Å²) in [4.78, 5) is 41.0. The molecule has 0 radical (unpaired) electrons. The van der Waals surface area contributed by atoms with Crippen molar-refractivity contribution in [2.24, 2.45) is 0 Å². The number of halogens is 1. The van der Waals surface area contributed by atoms with Crippen LogP contribution in [0.2, 0.25) is 5.02 Å². The van der Waals surface area contributed by atoms with E-state index in [0.29, 0.717) is 16.9 Å². The number of fused-ring (bicyclic) bond motifs is 1. The normalized spacial score (nSPS) is 16.7. The average Bonchev–Trinajstić information content (AvgIpc) is 3.16. The molecule has 1 atom stereocenters. The van der Waals surface area contributed by atoms with Gasteiger partial charge in [-0.15, -0.1) is 0 Å². The summed E-state index contributed by atoms with van der Waals surface area (Å²) in [5, 5.41) is 11.3. The number of carbonyl (C=O) groups excluding carboxylic acids is 1. The summed E-state index contributed by atoms with van der Waals surface area (Å²) in [6, 6.07) is 1.90. The van der Waals surface area contributed by atoms with Crippen LogP contribution in [0.15, 0.2) is 18.7 Å². The van der Waals surface area contributed by atoms with Crippen molar-refractivity contribution in [2.75, 3.05) is 39.5 Å². The van der Waals surface area contributed by atoms with Gasteiger partial charge in [0.15, 0.2) is 11.6 Å². The molecule has 3 heterocycles. The van der Waals surface area contributed by atoms with Gasteiger partial charge in [0, 0.05) is 26.2 Å². The number of likely N-dealkylation sites (tertiary alicyclic amines) is 1. The Kier molecular flexibility index (Phi) is 6.22. The number of carboxylic acid groups (broad SMARTS) is 1. The molecule has 174 valence electrons. The number of hydrogen-bond acceptors (Lipinski definition) is 6. The van der Waals surface area contributed by atoms with Crippen molar-refractivity contribution >= 4 is 40.5 Å². The van der Waals surface area contributed by atoms with Gasteiger partial charge in [0.25, 0.3) is 5.91 Å². The van der Waals surface area contributed by atoms with Crippen molar-refractivity contribution in [2.45, 2.75) is 25.7 Å². The number of aryl methyl sites for hydroxylation is 1. The average molecular weight is 472 g/mol. The van der Waals surface area contributed by atoms with Gasteiger partial charge in [-0.25, -0.2) is 19.7 Å². The number of nitrogens with zero attached hydrogens (tertiary/aromatic N) is 6. The molecule has 33 heavy (non-hydrogen) atoms. The smallest absolute Gasteiger partial charge is 0.410 e. The van der Waals surface area contributed by atoms with E-state index in [1.807, 2.05) is 13.0 Å². The lowest BCUT2D eigenvalue weighted by Gasteiger charge is -2.32. The summed E-state index contributed by atoms with van der Waals surface area (Å²) >= 11 is 6.45. The van der Waals surface area contributed by atoms with Crippen molar-refractivity contribution in [3.63, 3.8) is 0 Å². The van der Waals surface area contributed by atoms with Crippen molar-refractivity contribution in [3.8, 4) is 5.82 Å². The number of aromatic nitrogens is 4. The Labute approximate surface area is 196 Å². The first-order chi connectivity index (χ1) is 15.7. The van der Waals surface area contributed by atoms with Gasteiger partial charge in [0.2, 0.25) is 0 Å². The summed E-state index contributed by atoms with van der Waals surface area (Å²) < 4.78 is 1.71. The Morgan fingerprint density at radius 1 is 1.27 bits per heavy atom. The van der Waals surface area contributed by atoms with Crippen molar-refractivity contribution < 1.29 is 14.7 Å². The van der Waals surface area contributed by atoms with E-state index in [4.69, 9.17) is 16.7 Å². The number of amides is 2. The molecule has 2 aromatic heterocycles. The van der Waals surface area contributed by atoms with Gasteiger partial charge in [0.1, 0.15) is 17.7 Å². The number of nitrogens with one attached hydrogen (secondary N) is 1. The molecular weight excluding hydrogens is 446 g/mol. The van der Waals surface area contributed by atoms with Gasteiger partial charge < -0.3 is 14.9 Å². The lowest BCUT2D eigenvalue weighted by molar-refractivity contribution is 0.0824. The van der Waals surface area contributed by atoms with Crippen LogP contribution < -0.4 is 5.32 Å². The Balaban J connectivity index is 1.95. The van der Waals surface area contributed by atoms with Crippen LogP contribution in [0.3, 0.4) is 0 Å². The monoisotopic (exact) mass is 471 g/mol. The van der Waals surface area contributed by atoms with Crippen LogP contribution in [0.4, 0.5) is 10.6 Å². The van der Waals surface area contributed by atoms with E-state index in [0.717, 1.165) is 42.6 Å². The lowest BCUT2D eigenvalue weighted by Crippen LogP contribution is -2.33. The topological polar surface area (TPSA) is 116 Å². The molecule has 1 fully saturated rings. The minimum Gasteiger partial charge on any atom is -0.465 e. The third-order valence-electron chi connectivity index (χ3n) is 5.95. The number of anilines is 1. The van der Waals surface area contributed by atoms with E-state index < -0.39 is 6.09 Å². The zero-order valence-corrected chi connectivity index (χ0v) is 19.7. The predicted octanol–water partition coefficient (Wildman–Crippen LogP) is 3.38. The largest absolute Gasteiger partial charge is 0.465 e. The van der Waals surface area contributed by atoms with Crippen LogP contribution in [0.1, 0.15) is 40.2 Å². The molecule has 3 aromatic rings. The van der Waals surface area contributed by atoms with Gasteiger partial charge >= 0.3 is 6.09 Å². The summed E-state index contributed by atoms with van der Waals surface area (Å²) in [6.45, 7) is 3.77. The first-order valence-electron chi connectivity index (χ1n) is 10.6. The second-order valence-corrected chi connectivity index (χ2v) is 8.93. The number of likely N-dealkylation sites (N-methyl/N-ethyl adjacent to an activating group) is 1. The first kappa shape index (κ1) is 22.9. The molecule has 1 aliphatic rings. The molecule has 1 unspecified atom stereocenters. The van der Waals surface area contributed by atoms with Crippen LogP contribution in [-0.4, -0.2) is 80.7 Å². The Morgan fingerprint density at radius 3 is 2.70 bits per heavy atom. The van der Waals surface area contributed by atoms with E-state index >= 15 is 0 Å². The van der Waals surface area contributed by atoms with Gasteiger partial charge in [-0.1, -0.05) is 11.6 Å². The van der Waals surface area contributed by atoms with E-state index in [1.54, 1.807) is 29.9 Å². The Bertz CT molecular complexity index is 1240. The maximum absolute atomic E-state index is 13.2. The maximum Gasteiger partial charge on any atom is 0.410 e. The number of benzene rings is 1. The molecule has 10 nitrogen and oxygen atoms in total. The number of carbonyl (C=O) groups is 2. The van der Waals surface area contributed by atoms with Crippen LogP contribution in [0.5, 0.6) is 0 Å². The fraction of sp³-hybridized carbons (Fsp3) is 0.409. The van der Waals surface area contributed by atoms with Gasteiger partial charge in [0.05, 0.1) is 11.0 Å². The van der Waals surface area contributed by atoms with Crippen molar-refractivity contribution in [1.29, 1.82) is 0 Å². The quantitative estimate of drug-likeness (QED) is 0.599. The molecule has 0 bridgehead atoms. The van der Waals surface area contributed by atoms with Crippen LogP contribution in [0.25, 0.3) is 16.9 Å². The Morgan fingerprint density at radius 2 is 2.03 bits per heavy atom. The summed E-state index contributed by atoms with van der Waals surface area (Å²) in [6.07, 6.45) is 3.57. The van der Waals surface area contributed by atoms with Gasteiger partial charge in [-0.05, 0) is 56.5 Å². The second kappa shape index (κ2) is 8.95. The zero-order chi connectivity index (χ0) is 23.9. The SMILES string of the molecule is Cc1cc2c(ncn2-c2ncnc(NC(=O)O)c2Cl)c(C2CCCN(C)C2)c1C(=O)N(C)C. The zero-order valence-electron chi connectivity index (χ0n) is 19.0. The minimum absolute atomic E-state index is 0.0127. The second-order valence-electron chi connectivity index (χ2n) is 8.56. The molecule has 11 heteroatoms. The fourth-order valence-corrected chi connectivity index (χ4v) is 4.74. The number of rotatable bonds is 4. The van der Waals surface area contributed by atoms with Crippen molar-refractivity contribution in [1.82, 2.24) is 29.3 Å². The number of hydrogen-bond donors (Lipinski definition) is 2. The molecule has 4 rings (SSSR count). The standard InChI is InChI=1S/C22H26ClN7O3/c1-12-8-14-18(16(15(12)21(31)28(2)3)13-6-5-7-29(4)9-13)26-11-30(14)20-17(23)19(24-10-25-20)27-22(32)33/h8,10-11,13H,5-7,9H2,1-4H3,(H,32,33)(H,24,25,27). The highest BCUT2D eigenvalue weighted by Gasteiger charge is 2.30. The molecule has 1 aromatic carbocycles. The molecule has 2 N–H and O–H groups in total. The number of piperidine rings is 1. The minimum atomic E-state index is -1.27. The Hall–Kier alpha value is -3.24. The van der Waals surface area contributed by atoms with Crippen LogP contribution >= 0.6 is 11.6 Å². The molecule has 1 saturated heterocycles. The van der Waals surface area contributed by atoms with Crippen molar-refractivity contribution in [3.05, 3.63) is 40.4 Å². The summed E-state index contributed by atoms with van der Waals surface area (Å²) in [7, 11) is 5.58. The molecular formula is C22H26ClN7O3. The highest BCUT2D eigenvalue weighted by Crippen LogP contribution is 2.37. The lowest BCUT2D eigenvalue weighted by atomic mass is 9.84. The molecule has 1 aliphatic heterocycles. The first-order valence-corrected chi connectivity index (χ1v) is 11.0. The summed E-state index contributed by atoms with van der Waals surface area (Å²) in [5.41, 5.74) is 3.91. The van der Waals surface area contributed by atoms with Crippen LogP contribution in [0, 0.1) is 6.92 Å². The number of imidazole rings is 1. The molecule has 0 spiro atoms. The third-order valence-corrected chi connectivity index (χ3v) is 6.30. The highest BCUT2D eigenvalue weighted by atomic mass is 35.5. The van der Waals surface area contributed by atoms with E-state index in [1.165, 1.54) is 6.33 Å². The third kappa shape index (κ3) is 4.23. The van der Waals surface area contributed by atoms with E-state index in [-0.39, 0.29) is 22.7 Å². The van der Waals surface area contributed by atoms with E-state index in [2.05, 4.69) is 32.2 Å². The van der Waals surface area contributed by atoms with Gasteiger partial charge in [-0.2, -0.15) is 0 Å². The molecule has 2 amide bonds. The van der Waals surface area contributed by atoms with Crippen LogP contribution in [-0.2, 0) is 0 Å². The van der Waals surface area contributed by atoms with E-state index in [9.17, 15) is 9.59 Å². The maximum atomic E-state index is 13.2. The highest BCUT2D eigenvalue weighted by molar-refractivity contribution is 6.35. The molecule has 0 saturated carbocycles. The summed E-state index contributed by atoms with van der Waals surface area (Å²) in [5.74, 6) is 0.385. The van der Waals surface area contributed by atoms with Gasteiger partial charge in [-0.3, -0.25) is 14.7 Å². The molecule has 0 aliphatic carbocycles. The predicted molar refractivity (Wildman–Crippen MR) is 126 cm³/mol.